The van der Waals surface area contributed by atoms with Crippen molar-refractivity contribution >= 4 is 10.9 Å². The minimum atomic E-state index is 0.274. The lowest BCUT2D eigenvalue weighted by molar-refractivity contribution is -0.978. The van der Waals surface area contributed by atoms with Crippen LogP contribution in [0.3, 0.4) is 0 Å². The Morgan fingerprint density at radius 2 is 2.21 bits per heavy atom. The first kappa shape index (κ1) is 14.6. The van der Waals surface area contributed by atoms with E-state index < -0.39 is 0 Å². The number of aromatic hydroxyl groups is 1. The van der Waals surface area contributed by atoms with Gasteiger partial charge in [0, 0.05) is 35.6 Å². The molecule has 0 aliphatic carbocycles. The zero-order valence-corrected chi connectivity index (χ0v) is 14.3. The number of phenolic OH excluding ortho intramolecular Hbond substituents is 1. The summed E-state index contributed by atoms with van der Waals surface area (Å²) >= 11 is 0. The average Bonchev–Trinajstić information content (AvgIpc) is 2.91. The summed E-state index contributed by atoms with van der Waals surface area (Å²) in [5.74, 6) is 1.20. The maximum absolute atomic E-state index is 10.1. The van der Waals surface area contributed by atoms with Crippen molar-refractivity contribution in [2.45, 2.75) is 31.8 Å². The van der Waals surface area contributed by atoms with Crippen LogP contribution in [0.5, 0.6) is 5.75 Å². The summed E-state index contributed by atoms with van der Waals surface area (Å²) in [6.45, 7) is 3.52. The van der Waals surface area contributed by atoms with Crippen LogP contribution in [0.4, 0.5) is 0 Å². The zero-order chi connectivity index (χ0) is 16.6. The van der Waals surface area contributed by atoms with Crippen molar-refractivity contribution in [1.82, 2.24) is 4.98 Å². The van der Waals surface area contributed by atoms with E-state index in [9.17, 15) is 10.2 Å². The van der Waals surface area contributed by atoms with Gasteiger partial charge in [-0.05, 0) is 36.3 Å². The Hall–Kier alpha value is -1.78. The molecule has 1 aromatic carbocycles. The number of hydrogen-bond acceptors (Lipinski definition) is 2. The summed E-state index contributed by atoms with van der Waals surface area (Å²) in [5, 5.41) is 21.2. The molecule has 1 aromatic heterocycles. The fourth-order valence-corrected chi connectivity index (χ4v) is 6.05. The van der Waals surface area contributed by atoms with Gasteiger partial charge in [0.2, 0.25) is 0 Å². The van der Waals surface area contributed by atoms with Gasteiger partial charge in [-0.15, -0.1) is 0 Å². The van der Waals surface area contributed by atoms with Crippen molar-refractivity contribution in [2.75, 3.05) is 20.2 Å². The van der Waals surface area contributed by atoms with E-state index in [1.165, 1.54) is 16.8 Å². The minimum Gasteiger partial charge on any atom is -0.508 e. The highest BCUT2D eigenvalue weighted by atomic mass is 16.3. The summed E-state index contributed by atoms with van der Waals surface area (Å²) in [4.78, 5) is 3.67. The fraction of sp³-hybridized carbons (Fsp3) is 0.500. The monoisotopic (exact) mass is 325 g/mol. The van der Waals surface area contributed by atoms with Crippen LogP contribution < -0.4 is 0 Å². The SMILES string of the molecule is C/C=C1/C[N@+]2(C)[C@@H]3Cc4c([nH]c5ccc(O)cc45)[C@@H]2C[C@H]1[C@H]3CO. The normalized spacial score (nSPS) is 38.7. The maximum atomic E-state index is 10.1. The molecule has 6 rings (SSSR count). The Labute approximate surface area is 142 Å². The van der Waals surface area contributed by atoms with Crippen LogP contribution in [0.2, 0.25) is 0 Å². The average molecular weight is 325 g/mol. The second-order valence-electron chi connectivity index (χ2n) is 8.09. The lowest BCUT2D eigenvalue weighted by Gasteiger charge is -2.62. The number of quaternary nitrogens is 1. The second kappa shape index (κ2) is 4.64. The summed E-state index contributed by atoms with van der Waals surface area (Å²) in [6, 6.07) is 6.58. The fourth-order valence-electron chi connectivity index (χ4n) is 6.05. The summed E-state index contributed by atoms with van der Waals surface area (Å²) in [5.41, 5.74) is 5.39. The molecule has 2 aromatic rings. The number of aromatic nitrogens is 1. The van der Waals surface area contributed by atoms with Crippen LogP contribution in [-0.2, 0) is 6.42 Å². The van der Waals surface area contributed by atoms with Crippen LogP contribution in [0.15, 0.2) is 29.8 Å². The van der Waals surface area contributed by atoms with Crippen molar-refractivity contribution in [3.63, 3.8) is 0 Å². The molecule has 0 amide bonds. The van der Waals surface area contributed by atoms with E-state index in [1.807, 2.05) is 12.1 Å². The van der Waals surface area contributed by atoms with Gasteiger partial charge in [0.15, 0.2) is 0 Å². The molecule has 5 atom stereocenters. The number of H-pyrrole nitrogens is 1. The second-order valence-corrected chi connectivity index (χ2v) is 8.09. The molecule has 4 bridgehead atoms. The molecule has 5 heterocycles. The van der Waals surface area contributed by atoms with Crippen molar-refractivity contribution in [3.8, 4) is 5.75 Å². The van der Waals surface area contributed by atoms with Gasteiger partial charge in [-0.25, -0.2) is 0 Å². The number of aromatic amines is 1. The number of rotatable bonds is 1. The van der Waals surface area contributed by atoms with Crippen LogP contribution in [-0.4, -0.2) is 45.9 Å². The van der Waals surface area contributed by atoms with E-state index in [-0.39, 0.29) is 6.61 Å². The summed E-state index contributed by atoms with van der Waals surface area (Å²) in [7, 11) is 2.38. The van der Waals surface area contributed by atoms with Gasteiger partial charge in [-0.3, -0.25) is 0 Å². The number of nitrogens with zero attached hydrogens (tertiary/aromatic N) is 1. The lowest BCUT2D eigenvalue weighted by atomic mass is 9.62. The van der Waals surface area contributed by atoms with Crippen molar-refractivity contribution in [3.05, 3.63) is 41.1 Å². The Kier molecular flexibility index (Phi) is 2.82. The topological polar surface area (TPSA) is 56.2 Å². The van der Waals surface area contributed by atoms with Gasteiger partial charge >= 0.3 is 0 Å². The van der Waals surface area contributed by atoms with Gasteiger partial charge < -0.3 is 19.7 Å². The molecule has 0 unspecified atom stereocenters. The first-order valence-corrected chi connectivity index (χ1v) is 9.01. The van der Waals surface area contributed by atoms with Crippen LogP contribution >= 0.6 is 0 Å². The third-order valence-corrected chi connectivity index (χ3v) is 7.21. The van der Waals surface area contributed by atoms with Gasteiger partial charge in [0.25, 0.3) is 0 Å². The third-order valence-electron chi connectivity index (χ3n) is 7.21. The number of hydrogen-bond donors (Lipinski definition) is 3. The molecule has 4 nitrogen and oxygen atoms in total. The van der Waals surface area contributed by atoms with E-state index >= 15 is 0 Å². The smallest absolute Gasteiger partial charge is 0.131 e. The third kappa shape index (κ3) is 1.60. The summed E-state index contributed by atoms with van der Waals surface area (Å²) in [6.07, 6.45) is 4.39. The maximum Gasteiger partial charge on any atom is 0.131 e. The Balaban J connectivity index is 1.73. The van der Waals surface area contributed by atoms with Crippen molar-refractivity contribution < 1.29 is 14.7 Å². The molecule has 0 saturated carbocycles. The van der Waals surface area contributed by atoms with Crippen molar-refractivity contribution in [1.29, 1.82) is 0 Å². The molecule has 4 heteroatoms. The van der Waals surface area contributed by atoms with Crippen molar-refractivity contribution in [2.24, 2.45) is 11.8 Å². The largest absolute Gasteiger partial charge is 0.508 e. The highest BCUT2D eigenvalue weighted by Gasteiger charge is 2.61. The number of nitrogens with one attached hydrogen (secondary N) is 1. The zero-order valence-electron chi connectivity index (χ0n) is 14.3. The summed E-state index contributed by atoms with van der Waals surface area (Å²) < 4.78 is 1.02. The number of likely N-dealkylation sites (N-methyl/N-ethyl adjacent to an activating group) is 1. The van der Waals surface area contributed by atoms with Crippen LogP contribution in [0, 0.1) is 11.8 Å². The number of aliphatic hydroxyl groups is 1. The first-order valence-electron chi connectivity index (χ1n) is 9.01. The van der Waals surface area contributed by atoms with Gasteiger partial charge in [-0.1, -0.05) is 6.08 Å². The molecule has 0 radical (unpaired) electrons. The molecule has 24 heavy (non-hydrogen) atoms. The Morgan fingerprint density at radius 1 is 1.38 bits per heavy atom. The first-order chi connectivity index (χ1) is 11.6. The molecule has 3 saturated heterocycles. The predicted octanol–water partition coefficient (Wildman–Crippen LogP) is 2.87. The lowest BCUT2D eigenvalue weighted by Crippen LogP contribution is -2.70. The predicted molar refractivity (Wildman–Crippen MR) is 93.7 cm³/mol. The minimum absolute atomic E-state index is 0.274. The van der Waals surface area contributed by atoms with E-state index in [0.717, 1.165) is 34.8 Å². The molecule has 0 spiro atoms. The van der Waals surface area contributed by atoms with Gasteiger partial charge in [0.1, 0.15) is 18.3 Å². The number of aliphatic hydroxyl groups excluding tert-OH is 1. The van der Waals surface area contributed by atoms with E-state index in [2.05, 4.69) is 25.0 Å². The van der Waals surface area contributed by atoms with Crippen LogP contribution in [0.1, 0.15) is 30.6 Å². The molecule has 3 fully saturated rings. The quantitative estimate of drug-likeness (QED) is 0.558. The molecular weight excluding hydrogens is 300 g/mol. The van der Waals surface area contributed by atoms with Gasteiger partial charge in [-0.2, -0.15) is 0 Å². The number of fused-ring (bicyclic) bond motifs is 4. The number of phenols is 1. The van der Waals surface area contributed by atoms with E-state index in [4.69, 9.17) is 0 Å². The number of piperidine rings is 3. The van der Waals surface area contributed by atoms with E-state index in [1.54, 1.807) is 6.07 Å². The van der Waals surface area contributed by atoms with Gasteiger partial charge in [0.05, 0.1) is 25.4 Å². The molecule has 4 aliphatic heterocycles. The van der Waals surface area contributed by atoms with Crippen LogP contribution in [0.25, 0.3) is 10.9 Å². The Bertz CT molecular complexity index is 868. The molecule has 4 aliphatic rings. The number of allylic oxidation sites excluding steroid dienone is 1. The van der Waals surface area contributed by atoms with E-state index in [0.29, 0.717) is 29.7 Å². The molecule has 126 valence electrons. The number of benzene rings is 1. The highest BCUT2D eigenvalue weighted by molar-refractivity contribution is 5.86. The highest BCUT2D eigenvalue weighted by Crippen LogP contribution is 2.57. The molecular formula is C20H25N2O2+. The Morgan fingerprint density at radius 3 is 2.96 bits per heavy atom. The standard InChI is InChI=1S/C20H24N2O2/c1-3-11-9-22(2)18-8-15-14-6-12(24)4-5-17(14)21-20(15)19(22)7-13(11)16(18)10-23/h3-6,13,16,18-19,21,23H,7-10H2,1-2H3/p+1/b11-3-/t13-,16-,18-,19+,22-/m1/s1. The molecule has 3 N–H and O–H groups in total.